The van der Waals surface area contributed by atoms with Gasteiger partial charge in [0.1, 0.15) is 22.3 Å². The molecule has 2 fully saturated rings. The van der Waals surface area contributed by atoms with Crippen molar-refractivity contribution in [3.05, 3.63) is 70.2 Å². The number of piperazine rings is 1. The number of thiazole rings is 1. The summed E-state index contributed by atoms with van der Waals surface area (Å²) in [6.07, 6.45) is 3.20. The number of benzene rings is 1. The standard InChI is InChI=1S/C31H33F2N7O2S/c1-5-24(41)38-13-14-39(19(4)16-38)28-20-15-22(33)27(25-21(32)9-8-10-23(25)37-11-6-7-12-37)35-29(20)40(31(42)36-28)30-26(18(2)3)34-17-43-30/h5,8-10,15,17-19H,1,6-7,11-14,16H2,2-4H3/t19-/m0/s1. The van der Waals surface area contributed by atoms with Crippen molar-refractivity contribution >= 4 is 39.8 Å². The average molecular weight is 606 g/mol. The molecule has 12 heteroatoms. The van der Waals surface area contributed by atoms with Crippen molar-refractivity contribution in [1.29, 1.82) is 0 Å². The third-order valence-corrected chi connectivity index (χ3v) is 9.01. The number of hydrogen-bond donors (Lipinski definition) is 0. The van der Waals surface area contributed by atoms with Crippen molar-refractivity contribution in [3.63, 3.8) is 0 Å². The number of hydrogen-bond acceptors (Lipinski definition) is 8. The first-order valence-corrected chi connectivity index (χ1v) is 15.4. The molecule has 1 aromatic carbocycles. The number of halogens is 2. The van der Waals surface area contributed by atoms with E-state index in [2.05, 4.69) is 16.5 Å². The van der Waals surface area contributed by atoms with Crippen molar-refractivity contribution in [1.82, 2.24) is 24.4 Å². The summed E-state index contributed by atoms with van der Waals surface area (Å²) in [6.45, 7) is 12.1. The molecule has 0 bridgehead atoms. The molecule has 2 aliphatic heterocycles. The molecule has 0 unspecified atom stereocenters. The third-order valence-electron chi connectivity index (χ3n) is 8.19. The Morgan fingerprint density at radius 3 is 2.58 bits per heavy atom. The van der Waals surface area contributed by atoms with Gasteiger partial charge in [0.25, 0.3) is 0 Å². The first-order chi connectivity index (χ1) is 20.7. The molecule has 0 radical (unpaired) electrons. The van der Waals surface area contributed by atoms with E-state index in [4.69, 9.17) is 4.98 Å². The maximum atomic E-state index is 16.2. The number of pyridine rings is 1. The van der Waals surface area contributed by atoms with Crippen LogP contribution in [0.4, 0.5) is 20.3 Å². The van der Waals surface area contributed by atoms with E-state index in [0.717, 1.165) is 25.9 Å². The second kappa shape index (κ2) is 11.5. The van der Waals surface area contributed by atoms with Crippen LogP contribution in [0.2, 0.25) is 0 Å². The van der Waals surface area contributed by atoms with Gasteiger partial charge < -0.3 is 14.7 Å². The van der Waals surface area contributed by atoms with Gasteiger partial charge in [-0.2, -0.15) is 4.98 Å². The lowest BCUT2D eigenvalue weighted by atomic mass is 10.1. The van der Waals surface area contributed by atoms with Crippen LogP contribution < -0.4 is 15.5 Å². The van der Waals surface area contributed by atoms with Gasteiger partial charge in [0.15, 0.2) is 11.5 Å². The molecule has 1 amide bonds. The fourth-order valence-electron chi connectivity index (χ4n) is 6.07. The zero-order chi connectivity index (χ0) is 30.4. The van der Waals surface area contributed by atoms with E-state index >= 15 is 8.78 Å². The van der Waals surface area contributed by atoms with Gasteiger partial charge in [0.05, 0.1) is 22.2 Å². The first-order valence-electron chi connectivity index (χ1n) is 14.5. The minimum absolute atomic E-state index is 0.00775. The van der Waals surface area contributed by atoms with E-state index in [1.165, 1.54) is 34.1 Å². The Morgan fingerprint density at radius 2 is 1.88 bits per heavy atom. The summed E-state index contributed by atoms with van der Waals surface area (Å²) < 4.78 is 33.2. The van der Waals surface area contributed by atoms with Crippen molar-refractivity contribution in [2.24, 2.45) is 0 Å². The maximum Gasteiger partial charge on any atom is 0.356 e. The van der Waals surface area contributed by atoms with Crippen molar-refractivity contribution < 1.29 is 13.6 Å². The summed E-state index contributed by atoms with van der Waals surface area (Å²) in [7, 11) is 0. The van der Waals surface area contributed by atoms with Crippen LogP contribution in [0.5, 0.6) is 0 Å². The Bertz CT molecular complexity index is 1780. The lowest BCUT2D eigenvalue weighted by molar-refractivity contribution is -0.126. The fraction of sp³-hybridized carbons (Fsp3) is 0.387. The van der Waals surface area contributed by atoms with Crippen molar-refractivity contribution in [2.75, 3.05) is 42.5 Å². The molecule has 4 aromatic rings. The number of rotatable bonds is 6. The van der Waals surface area contributed by atoms with Crippen LogP contribution in [-0.4, -0.2) is 69.1 Å². The topological polar surface area (TPSA) is 87.5 Å². The number of carbonyl (C=O) groups is 1. The van der Waals surface area contributed by atoms with Crippen molar-refractivity contribution in [3.8, 4) is 16.3 Å². The predicted molar refractivity (Wildman–Crippen MR) is 165 cm³/mol. The predicted octanol–water partition coefficient (Wildman–Crippen LogP) is 5.13. The van der Waals surface area contributed by atoms with E-state index in [1.807, 2.05) is 30.6 Å². The number of carbonyl (C=O) groups excluding carboxylic acids is 1. The molecule has 1 atom stereocenters. The second-order valence-corrected chi connectivity index (χ2v) is 12.1. The van der Waals surface area contributed by atoms with Gasteiger partial charge in [-0.1, -0.05) is 26.5 Å². The highest BCUT2D eigenvalue weighted by molar-refractivity contribution is 7.12. The van der Waals surface area contributed by atoms with Crippen LogP contribution in [0.25, 0.3) is 27.3 Å². The minimum Gasteiger partial charge on any atom is -0.371 e. The third kappa shape index (κ3) is 5.07. The van der Waals surface area contributed by atoms with Gasteiger partial charge in [-0.25, -0.2) is 28.1 Å². The van der Waals surface area contributed by atoms with Gasteiger partial charge in [-0.15, -0.1) is 11.3 Å². The summed E-state index contributed by atoms with van der Waals surface area (Å²) in [5.74, 6) is -1.21. The largest absolute Gasteiger partial charge is 0.371 e. The molecular weight excluding hydrogens is 572 g/mol. The Morgan fingerprint density at radius 1 is 1.12 bits per heavy atom. The minimum atomic E-state index is -0.715. The second-order valence-electron chi connectivity index (χ2n) is 11.3. The van der Waals surface area contributed by atoms with Crippen LogP contribution in [0, 0.1) is 11.6 Å². The van der Waals surface area contributed by atoms with Gasteiger partial charge >= 0.3 is 5.69 Å². The van der Waals surface area contributed by atoms with Crippen LogP contribution in [0.15, 0.2) is 47.2 Å². The van der Waals surface area contributed by atoms with E-state index in [-0.39, 0.29) is 40.6 Å². The summed E-state index contributed by atoms with van der Waals surface area (Å²) in [5, 5.41) is 0.857. The molecule has 2 aliphatic rings. The van der Waals surface area contributed by atoms with Crippen LogP contribution in [0.3, 0.4) is 0 Å². The fourth-order valence-corrected chi connectivity index (χ4v) is 7.01. The van der Waals surface area contributed by atoms with Gasteiger partial charge in [0, 0.05) is 44.5 Å². The normalized spacial score (nSPS) is 17.3. The summed E-state index contributed by atoms with van der Waals surface area (Å²) >= 11 is 1.27. The Balaban J connectivity index is 1.60. The molecule has 3 aromatic heterocycles. The molecule has 0 spiro atoms. The molecule has 0 aliphatic carbocycles. The highest BCUT2D eigenvalue weighted by atomic mass is 32.1. The van der Waals surface area contributed by atoms with E-state index in [9.17, 15) is 9.59 Å². The molecule has 224 valence electrons. The first kappa shape index (κ1) is 28.9. The van der Waals surface area contributed by atoms with Gasteiger partial charge in [0.2, 0.25) is 5.91 Å². The number of anilines is 2. The van der Waals surface area contributed by atoms with Crippen LogP contribution in [-0.2, 0) is 4.79 Å². The summed E-state index contributed by atoms with van der Waals surface area (Å²) in [4.78, 5) is 45.5. The van der Waals surface area contributed by atoms with E-state index in [0.29, 0.717) is 41.4 Å². The lowest BCUT2D eigenvalue weighted by Crippen LogP contribution is -2.54. The van der Waals surface area contributed by atoms with E-state index in [1.54, 1.807) is 22.5 Å². The molecule has 6 rings (SSSR count). The molecule has 9 nitrogen and oxygen atoms in total. The molecular formula is C31H33F2N7O2S. The van der Waals surface area contributed by atoms with E-state index < -0.39 is 17.3 Å². The van der Waals surface area contributed by atoms with Gasteiger partial charge in [-0.05, 0) is 50.0 Å². The lowest BCUT2D eigenvalue weighted by Gasteiger charge is -2.40. The summed E-state index contributed by atoms with van der Waals surface area (Å²) in [6, 6.07) is 5.78. The smallest absolute Gasteiger partial charge is 0.356 e. The Labute approximate surface area is 252 Å². The Hall–Kier alpha value is -4.19. The van der Waals surface area contributed by atoms with Crippen LogP contribution >= 0.6 is 11.3 Å². The number of nitrogens with zero attached hydrogens (tertiary/aromatic N) is 7. The monoisotopic (exact) mass is 605 g/mol. The van der Waals surface area contributed by atoms with Crippen molar-refractivity contribution in [2.45, 2.75) is 45.6 Å². The highest BCUT2D eigenvalue weighted by Gasteiger charge is 2.31. The Kier molecular flexibility index (Phi) is 7.72. The molecule has 5 heterocycles. The molecule has 0 N–H and O–H groups in total. The maximum absolute atomic E-state index is 16.2. The number of fused-ring (bicyclic) bond motifs is 1. The molecule has 0 saturated carbocycles. The number of amides is 1. The SMILES string of the molecule is C=CC(=O)N1CCN(c2nc(=O)n(-c3scnc3C(C)C)c3nc(-c4c(F)cccc4N4CCCC4)c(F)cc23)[C@@H](C)C1. The quantitative estimate of drug-likeness (QED) is 0.282. The van der Waals surface area contributed by atoms with Gasteiger partial charge in [-0.3, -0.25) is 4.79 Å². The molecule has 43 heavy (non-hydrogen) atoms. The molecule has 2 saturated heterocycles. The zero-order valence-corrected chi connectivity index (χ0v) is 25.2. The highest BCUT2D eigenvalue weighted by Crippen LogP contribution is 2.38. The zero-order valence-electron chi connectivity index (χ0n) is 24.4. The number of aromatic nitrogens is 4. The van der Waals surface area contributed by atoms with Crippen LogP contribution in [0.1, 0.15) is 45.2 Å². The summed E-state index contributed by atoms with van der Waals surface area (Å²) in [5.41, 5.74) is 2.39. The average Bonchev–Trinajstić information content (AvgIpc) is 3.70.